The third-order valence-electron chi connectivity index (χ3n) is 3.60. The maximum Gasteiger partial charge on any atom is 0.106 e. The minimum absolute atomic E-state index is 0.00704. The first-order valence-corrected chi connectivity index (χ1v) is 6.84. The summed E-state index contributed by atoms with van der Waals surface area (Å²) in [5, 5.41) is 8.31. The highest BCUT2D eigenvalue weighted by atomic mass is 35.5. The molecule has 1 N–H and O–H groups in total. The molecule has 104 valence electrons. The van der Waals surface area contributed by atoms with E-state index in [4.69, 9.17) is 16.0 Å². The number of halogens is 1. The first kappa shape index (κ1) is 14.2. The molecule has 0 saturated heterocycles. The Kier molecular flexibility index (Phi) is 4.02. The van der Waals surface area contributed by atoms with E-state index in [0.29, 0.717) is 5.02 Å². The zero-order chi connectivity index (χ0) is 14.2. The first-order valence-electron chi connectivity index (χ1n) is 6.46. The summed E-state index contributed by atoms with van der Waals surface area (Å²) >= 11 is 6.30. The third kappa shape index (κ3) is 2.30. The molecule has 0 aliphatic heterocycles. The fourth-order valence-corrected chi connectivity index (χ4v) is 2.81. The summed E-state index contributed by atoms with van der Waals surface area (Å²) in [6, 6.07) is -0.00704. The summed E-state index contributed by atoms with van der Waals surface area (Å²) in [6.45, 7) is 8.89. The van der Waals surface area contributed by atoms with E-state index in [0.717, 1.165) is 34.9 Å². The Hall–Kier alpha value is -1.26. The molecular formula is C14H20ClN3O. The van der Waals surface area contributed by atoms with Gasteiger partial charge in [-0.2, -0.15) is 5.10 Å². The molecule has 2 heterocycles. The van der Waals surface area contributed by atoms with E-state index in [2.05, 4.69) is 24.3 Å². The molecule has 19 heavy (non-hydrogen) atoms. The van der Waals surface area contributed by atoms with Gasteiger partial charge in [-0.05, 0) is 40.3 Å². The molecule has 5 heteroatoms. The van der Waals surface area contributed by atoms with Gasteiger partial charge in [0.15, 0.2) is 0 Å². The van der Waals surface area contributed by atoms with Crippen molar-refractivity contribution in [2.45, 2.75) is 40.3 Å². The van der Waals surface area contributed by atoms with Gasteiger partial charge in [-0.1, -0.05) is 11.6 Å². The Balaban J connectivity index is 2.59. The molecule has 0 aliphatic rings. The lowest BCUT2D eigenvalue weighted by Gasteiger charge is -2.19. The standard InChI is InChI=1S/C14H20ClN3O/c1-6-18-14(11(15)7-17-18)13(16-5)12-8(2)9(3)19-10(12)4/h7,13,16H,6H2,1-5H3. The van der Waals surface area contributed by atoms with Gasteiger partial charge in [-0.15, -0.1) is 0 Å². The van der Waals surface area contributed by atoms with Gasteiger partial charge in [0.1, 0.15) is 11.5 Å². The van der Waals surface area contributed by atoms with Crippen LogP contribution in [0.15, 0.2) is 10.6 Å². The molecule has 0 radical (unpaired) electrons. The number of nitrogens with one attached hydrogen (secondary N) is 1. The molecule has 0 fully saturated rings. The first-order chi connectivity index (χ1) is 9.01. The van der Waals surface area contributed by atoms with Crippen molar-refractivity contribution in [3.63, 3.8) is 0 Å². The second-order valence-corrected chi connectivity index (χ2v) is 5.08. The summed E-state index contributed by atoms with van der Waals surface area (Å²) in [4.78, 5) is 0. The number of hydrogen-bond donors (Lipinski definition) is 1. The van der Waals surface area contributed by atoms with Gasteiger partial charge in [-0.25, -0.2) is 0 Å². The van der Waals surface area contributed by atoms with E-state index in [-0.39, 0.29) is 6.04 Å². The van der Waals surface area contributed by atoms with Gasteiger partial charge in [0.05, 0.1) is 23.0 Å². The summed E-state index contributed by atoms with van der Waals surface area (Å²) in [5.41, 5.74) is 3.30. The van der Waals surface area contributed by atoms with Crippen molar-refractivity contribution in [3.05, 3.63) is 39.6 Å². The number of hydrogen-bond acceptors (Lipinski definition) is 3. The van der Waals surface area contributed by atoms with Crippen molar-refractivity contribution in [3.8, 4) is 0 Å². The lowest BCUT2D eigenvalue weighted by molar-refractivity contribution is 0.491. The molecule has 0 aliphatic carbocycles. The predicted molar refractivity (Wildman–Crippen MR) is 76.7 cm³/mol. The normalized spacial score (nSPS) is 12.9. The number of furan rings is 1. The number of nitrogens with zero attached hydrogens (tertiary/aromatic N) is 2. The van der Waals surface area contributed by atoms with Crippen molar-refractivity contribution < 1.29 is 4.42 Å². The molecule has 4 nitrogen and oxygen atoms in total. The average molecular weight is 282 g/mol. The molecule has 2 rings (SSSR count). The van der Waals surface area contributed by atoms with Crippen molar-refractivity contribution in [1.82, 2.24) is 15.1 Å². The Labute approximate surface area is 118 Å². The zero-order valence-electron chi connectivity index (χ0n) is 12.0. The summed E-state index contributed by atoms with van der Waals surface area (Å²) in [6.07, 6.45) is 1.70. The fourth-order valence-electron chi connectivity index (χ4n) is 2.56. The van der Waals surface area contributed by atoms with Crippen LogP contribution in [0.1, 0.15) is 41.3 Å². The Morgan fingerprint density at radius 3 is 2.53 bits per heavy atom. The molecule has 0 spiro atoms. The molecule has 1 atom stereocenters. The Morgan fingerprint density at radius 1 is 1.37 bits per heavy atom. The molecule has 0 aromatic carbocycles. The molecular weight excluding hydrogens is 262 g/mol. The quantitative estimate of drug-likeness (QED) is 0.934. The number of aryl methyl sites for hydroxylation is 3. The van der Waals surface area contributed by atoms with E-state index < -0.39 is 0 Å². The molecule has 0 bridgehead atoms. The van der Waals surface area contributed by atoms with Crippen LogP contribution in [0.4, 0.5) is 0 Å². The van der Waals surface area contributed by atoms with E-state index in [1.807, 2.05) is 25.6 Å². The fraction of sp³-hybridized carbons (Fsp3) is 0.500. The molecule has 0 amide bonds. The summed E-state index contributed by atoms with van der Waals surface area (Å²) in [5.74, 6) is 1.88. The highest BCUT2D eigenvalue weighted by Crippen LogP contribution is 2.34. The van der Waals surface area contributed by atoms with E-state index in [1.54, 1.807) is 6.20 Å². The molecule has 2 aromatic rings. The van der Waals surface area contributed by atoms with Crippen molar-refractivity contribution in [2.24, 2.45) is 0 Å². The van der Waals surface area contributed by atoms with Gasteiger partial charge in [0.2, 0.25) is 0 Å². The number of aromatic nitrogens is 2. The van der Waals surface area contributed by atoms with E-state index >= 15 is 0 Å². The van der Waals surface area contributed by atoms with Crippen LogP contribution in [0, 0.1) is 20.8 Å². The van der Waals surface area contributed by atoms with Crippen LogP contribution in [0.3, 0.4) is 0 Å². The van der Waals surface area contributed by atoms with Gasteiger partial charge in [0.25, 0.3) is 0 Å². The second kappa shape index (κ2) is 5.39. The van der Waals surface area contributed by atoms with Gasteiger partial charge in [-0.3, -0.25) is 4.68 Å². The number of rotatable bonds is 4. The van der Waals surface area contributed by atoms with Crippen LogP contribution in [0.25, 0.3) is 0 Å². The second-order valence-electron chi connectivity index (χ2n) is 4.67. The zero-order valence-corrected chi connectivity index (χ0v) is 12.8. The maximum atomic E-state index is 6.30. The van der Waals surface area contributed by atoms with Crippen LogP contribution in [-0.2, 0) is 6.54 Å². The monoisotopic (exact) mass is 281 g/mol. The average Bonchev–Trinajstić information content (AvgIpc) is 2.86. The lowest BCUT2D eigenvalue weighted by Crippen LogP contribution is -2.22. The van der Waals surface area contributed by atoms with Gasteiger partial charge < -0.3 is 9.73 Å². The Morgan fingerprint density at radius 2 is 2.05 bits per heavy atom. The van der Waals surface area contributed by atoms with Crippen LogP contribution in [0.5, 0.6) is 0 Å². The maximum absolute atomic E-state index is 6.30. The predicted octanol–water partition coefficient (Wildman–Crippen LogP) is 3.38. The van der Waals surface area contributed by atoms with Gasteiger partial charge >= 0.3 is 0 Å². The molecule has 2 aromatic heterocycles. The lowest BCUT2D eigenvalue weighted by atomic mass is 9.99. The smallest absolute Gasteiger partial charge is 0.106 e. The Bertz CT molecular complexity index is 586. The van der Waals surface area contributed by atoms with E-state index in [1.165, 1.54) is 0 Å². The van der Waals surface area contributed by atoms with Crippen molar-refractivity contribution in [1.29, 1.82) is 0 Å². The van der Waals surface area contributed by atoms with Crippen LogP contribution < -0.4 is 5.32 Å². The summed E-state index contributed by atoms with van der Waals surface area (Å²) in [7, 11) is 1.93. The third-order valence-corrected chi connectivity index (χ3v) is 3.89. The van der Waals surface area contributed by atoms with Crippen LogP contribution in [0.2, 0.25) is 5.02 Å². The molecule has 0 saturated carbocycles. The summed E-state index contributed by atoms with van der Waals surface area (Å²) < 4.78 is 7.65. The van der Waals surface area contributed by atoms with Crippen molar-refractivity contribution in [2.75, 3.05) is 7.05 Å². The SMILES string of the molecule is CCn1ncc(Cl)c1C(NC)c1c(C)oc(C)c1C. The van der Waals surface area contributed by atoms with Crippen molar-refractivity contribution >= 4 is 11.6 Å². The largest absolute Gasteiger partial charge is 0.466 e. The highest BCUT2D eigenvalue weighted by molar-refractivity contribution is 6.31. The minimum Gasteiger partial charge on any atom is -0.466 e. The minimum atomic E-state index is -0.00704. The molecule has 1 unspecified atom stereocenters. The topological polar surface area (TPSA) is 43.0 Å². The van der Waals surface area contributed by atoms with Crippen LogP contribution in [-0.4, -0.2) is 16.8 Å². The van der Waals surface area contributed by atoms with E-state index in [9.17, 15) is 0 Å². The highest BCUT2D eigenvalue weighted by Gasteiger charge is 2.26. The van der Waals surface area contributed by atoms with Crippen LogP contribution >= 0.6 is 11.6 Å². The van der Waals surface area contributed by atoms with Gasteiger partial charge in [0, 0.05) is 12.1 Å².